The van der Waals surface area contributed by atoms with Crippen molar-refractivity contribution >= 4 is 0 Å². The third kappa shape index (κ3) is 1.76. The van der Waals surface area contributed by atoms with Crippen LogP contribution in [0.25, 0.3) is 0 Å². The average Bonchev–Trinajstić information content (AvgIpc) is 3.11. The van der Waals surface area contributed by atoms with Crippen LogP contribution in [0.5, 0.6) is 11.5 Å². The summed E-state index contributed by atoms with van der Waals surface area (Å²) < 4.78 is 24.2. The number of hydrogen-bond acceptors (Lipinski definition) is 3. The van der Waals surface area contributed by atoms with E-state index in [2.05, 4.69) is 0 Å². The summed E-state index contributed by atoms with van der Waals surface area (Å²) in [6, 6.07) is 1.54. The summed E-state index contributed by atoms with van der Waals surface area (Å²) in [4.78, 5) is 0. The average molecular weight is 239 g/mol. The van der Waals surface area contributed by atoms with Gasteiger partial charge in [0.15, 0.2) is 17.3 Å². The number of rotatable bonds is 4. The van der Waals surface area contributed by atoms with Crippen molar-refractivity contribution in [1.82, 2.24) is 0 Å². The number of hydrogen-bond donors (Lipinski definition) is 1. The van der Waals surface area contributed by atoms with E-state index in [-0.39, 0.29) is 17.0 Å². The summed E-state index contributed by atoms with van der Waals surface area (Å²) in [5.74, 6) is 0.258. The van der Waals surface area contributed by atoms with Crippen LogP contribution in [0.2, 0.25) is 0 Å². The van der Waals surface area contributed by atoms with E-state index in [1.807, 2.05) is 6.92 Å². The fourth-order valence-corrected chi connectivity index (χ4v) is 2.42. The minimum absolute atomic E-state index is 0.0511. The Hall–Kier alpha value is -1.29. The van der Waals surface area contributed by atoms with Crippen LogP contribution in [-0.2, 0) is 5.41 Å². The van der Waals surface area contributed by atoms with Crippen molar-refractivity contribution in [2.45, 2.75) is 25.2 Å². The standard InChI is InChI=1S/C13H18FNO2/c1-8-9(13(7-15)4-5-13)6-10(14)12(17-3)11(8)16-2/h6H,4-5,7,15H2,1-3H3. The van der Waals surface area contributed by atoms with Crippen molar-refractivity contribution < 1.29 is 13.9 Å². The number of nitrogens with two attached hydrogens (primary N) is 1. The molecule has 0 spiro atoms. The van der Waals surface area contributed by atoms with Gasteiger partial charge >= 0.3 is 0 Å². The highest BCUT2D eigenvalue weighted by Gasteiger charge is 2.45. The molecule has 17 heavy (non-hydrogen) atoms. The zero-order valence-electron chi connectivity index (χ0n) is 10.5. The highest BCUT2D eigenvalue weighted by atomic mass is 19.1. The number of ether oxygens (including phenoxy) is 2. The first kappa shape index (κ1) is 12.2. The van der Waals surface area contributed by atoms with E-state index in [0.717, 1.165) is 24.0 Å². The van der Waals surface area contributed by atoms with Gasteiger partial charge in [0.1, 0.15) is 0 Å². The second-order valence-electron chi connectivity index (χ2n) is 4.58. The molecule has 0 aliphatic heterocycles. The summed E-state index contributed by atoms with van der Waals surface area (Å²) in [6.45, 7) is 2.47. The largest absolute Gasteiger partial charge is 0.492 e. The second-order valence-corrected chi connectivity index (χ2v) is 4.58. The van der Waals surface area contributed by atoms with E-state index in [4.69, 9.17) is 15.2 Å². The van der Waals surface area contributed by atoms with E-state index < -0.39 is 0 Å². The van der Waals surface area contributed by atoms with Crippen LogP contribution in [0.1, 0.15) is 24.0 Å². The molecule has 0 saturated heterocycles. The van der Waals surface area contributed by atoms with Gasteiger partial charge in [0.2, 0.25) is 0 Å². The first-order chi connectivity index (χ1) is 8.09. The number of halogens is 1. The first-order valence-electron chi connectivity index (χ1n) is 5.71. The van der Waals surface area contributed by atoms with Gasteiger partial charge in [-0.3, -0.25) is 0 Å². The third-order valence-corrected chi connectivity index (χ3v) is 3.66. The Balaban J connectivity index is 2.59. The summed E-state index contributed by atoms with van der Waals surface area (Å²) in [6.07, 6.45) is 2.03. The van der Waals surface area contributed by atoms with Crippen LogP contribution in [0, 0.1) is 12.7 Å². The number of benzene rings is 1. The van der Waals surface area contributed by atoms with E-state index in [1.165, 1.54) is 20.3 Å². The lowest BCUT2D eigenvalue weighted by atomic mass is 9.91. The summed E-state index contributed by atoms with van der Waals surface area (Å²) in [7, 11) is 2.96. The molecule has 2 rings (SSSR count). The van der Waals surface area contributed by atoms with Crippen LogP contribution in [0.3, 0.4) is 0 Å². The predicted octanol–water partition coefficient (Wildman–Crippen LogP) is 2.14. The van der Waals surface area contributed by atoms with Gasteiger partial charge in [-0.05, 0) is 37.0 Å². The maximum Gasteiger partial charge on any atom is 0.197 e. The maximum absolute atomic E-state index is 13.9. The molecule has 3 nitrogen and oxygen atoms in total. The second kappa shape index (κ2) is 4.18. The van der Waals surface area contributed by atoms with Crippen molar-refractivity contribution in [3.8, 4) is 11.5 Å². The van der Waals surface area contributed by atoms with E-state index >= 15 is 0 Å². The van der Waals surface area contributed by atoms with Crippen molar-refractivity contribution in [2.75, 3.05) is 20.8 Å². The van der Waals surface area contributed by atoms with Gasteiger partial charge < -0.3 is 15.2 Å². The van der Waals surface area contributed by atoms with E-state index in [0.29, 0.717) is 12.3 Å². The van der Waals surface area contributed by atoms with Crippen LogP contribution >= 0.6 is 0 Å². The smallest absolute Gasteiger partial charge is 0.197 e. The fourth-order valence-electron chi connectivity index (χ4n) is 2.42. The minimum atomic E-state index is -0.385. The monoisotopic (exact) mass is 239 g/mol. The Morgan fingerprint density at radius 1 is 1.29 bits per heavy atom. The van der Waals surface area contributed by atoms with Crippen LogP contribution in [0.15, 0.2) is 6.07 Å². The van der Waals surface area contributed by atoms with Gasteiger partial charge in [-0.2, -0.15) is 0 Å². The van der Waals surface area contributed by atoms with Gasteiger partial charge in [-0.25, -0.2) is 4.39 Å². The highest BCUT2D eigenvalue weighted by molar-refractivity contribution is 5.54. The molecule has 1 fully saturated rings. The Kier molecular flexibility index (Phi) is 3.00. The van der Waals surface area contributed by atoms with E-state index in [9.17, 15) is 4.39 Å². The van der Waals surface area contributed by atoms with Gasteiger partial charge in [0, 0.05) is 12.0 Å². The fraction of sp³-hybridized carbons (Fsp3) is 0.538. The van der Waals surface area contributed by atoms with Gasteiger partial charge in [-0.1, -0.05) is 0 Å². The molecule has 0 unspecified atom stereocenters. The van der Waals surface area contributed by atoms with Crippen LogP contribution in [0.4, 0.5) is 4.39 Å². The molecule has 4 heteroatoms. The zero-order chi connectivity index (χ0) is 12.6. The lowest BCUT2D eigenvalue weighted by Crippen LogP contribution is -2.21. The van der Waals surface area contributed by atoms with Crippen molar-refractivity contribution in [3.63, 3.8) is 0 Å². The van der Waals surface area contributed by atoms with Crippen molar-refractivity contribution in [3.05, 3.63) is 23.0 Å². The highest BCUT2D eigenvalue weighted by Crippen LogP contribution is 2.51. The SMILES string of the molecule is COc1c(F)cc(C2(CN)CC2)c(C)c1OC. The molecular formula is C13H18FNO2. The summed E-state index contributed by atoms with van der Waals surface area (Å²) >= 11 is 0. The molecule has 1 aliphatic carbocycles. The summed E-state index contributed by atoms with van der Waals surface area (Å²) in [5.41, 5.74) is 7.61. The lowest BCUT2D eigenvalue weighted by molar-refractivity contribution is 0.334. The van der Waals surface area contributed by atoms with E-state index in [1.54, 1.807) is 0 Å². The quantitative estimate of drug-likeness (QED) is 0.875. The Morgan fingerprint density at radius 2 is 1.88 bits per heavy atom. The molecule has 1 aliphatic rings. The molecule has 0 aromatic heterocycles. The number of methoxy groups -OCH3 is 2. The maximum atomic E-state index is 13.9. The van der Waals surface area contributed by atoms with Gasteiger partial charge in [0.05, 0.1) is 14.2 Å². The molecule has 94 valence electrons. The predicted molar refractivity (Wildman–Crippen MR) is 64.2 cm³/mol. The molecule has 1 saturated carbocycles. The normalized spacial score (nSPS) is 16.8. The Bertz CT molecular complexity index is 442. The Labute approximate surface area is 101 Å². The van der Waals surface area contributed by atoms with Crippen LogP contribution in [-0.4, -0.2) is 20.8 Å². The molecule has 0 heterocycles. The zero-order valence-corrected chi connectivity index (χ0v) is 10.5. The lowest BCUT2D eigenvalue weighted by Gasteiger charge is -2.20. The Morgan fingerprint density at radius 3 is 2.29 bits per heavy atom. The van der Waals surface area contributed by atoms with Crippen molar-refractivity contribution in [2.24, 2.45) is 5.73 Å². The molecule has 0 radical (unpaired) electrons. The molecule has 0 atom stereocenters. The molecule has 0 amide bonds. The molecule has 0 bridgehead atoms. The van der Waals surface area contributed by atoms with Gasteiger partial charge in [0.25, 0.3) is 0 Å². The van der Waals surface area contributed by atoms with Crippen LogP contribution < -0.4 is 15.2 Å². The minimum Gasteiger partial charge on any atom is -0.492 e. The van der Waals surface area contributed by atoms with Gasteiger partial charge in [-0.15, -0.1) is 0 Å². The van der Waals surface area contributed by atoms with Crippen molar-refractivity contribution in [1.29, 1.82) is 0 Å². The summed E-state index contributed by atoms with van der Waals surface area (Å²) in [5, 5.41) is 0. The third-order valence-electron chi connectivity index (χ3n) is 3.66. The first-order valence-corrected chi connectivity index (χ1v) is 5.71. The molecular weight excluding hydrogens is 221 g/mol. The molecule has 1 aromatic carbocycles. The molecule has 1 aromatic rings. The topological polar surface area (TPSA) is 44.5 Å². The molecule has 2 N–H and O–H groups in total.